The Morgan fingerprint density at radius 3 is 2.30 bits per heavy atom. The van der Waals surface area contributed by atoms with Crippen LogP contribution in [0, 0.1) is 23.2 Å². The number of amides is 4. The van der Waals surface area contributed by atoms with Gasteiger partial charge in [-0.15, -0.1) is 11.3 Å². The average molecular weight is 771 g/mol. The van der Waals surface area contributed by atoms with Crippen LogP contribution in [-0.2, 0) is 35.1 Å². The molecule has 1 fully saturated rings. The number of nitrogens with zero attached hydrogens (tertiary/aromatic N) is 3. The first kappa shape index (κ1) is 45.0. The molecule has 2 heterocycles. The van der Waals surface area contributed by atoms with Crippen LogP contribution in [0.5, 0.6) is 0 Å². The molecule has 1 saturated heterocycles. The zero-order valence-corrected chi connectivity index (χ0v) is 35.2. The Labute approximate surface area is 327 Å². The van der Waals surface area contributed by atoms with Crippen LogP contribution >= 0.6 is 11.3 Å². The number of rotatable bonds is 21. The Balaban J connectivity index is 1.78. The zero-order valence-electron chi connectivity index (χ0n) is 34.4. The van der Waals surface area contributed by atoms with Crippen molar-refractivity contribution in [2.24, 2.45) is 23.2 Å². The number of benzene rings is 1. The van der Waals surface area contributed by atoms with E-state index in [1.807, 2.05) is 75.2 Å². The van der Waals surface area contributed by atoms with Gasteiger partial charge in [0.15, 0.2) is 0 Å². The highest BCUT2D eigenvalue weighted by Gasteiger charge is 2.43. The normalized spacial score (nSPS) is 18.7. The molecule has 0 radical (unpaired) electrons. The topological polar surface area (TPSA) is 142 Å². The summed E-state index contributed by atoms with van der Waals surface area (Å²) in [6.07, 6.45) is 3.48. The molecule has 4 amide bonds. The molecule has 1 aromatic heterocycles. The van der Waals surface area contributed by atoms with E-state index in [2.05, 4.69) is 34.8 Å². The molecular formula is C41H66N6O6S. The summed E-state index contributed by atoms with van der Waals surface area (Å²) in [4.78, 5) is 63.6. The molecule has 8 atom stereocenters. The predicted molar refractivity (Wildman–Crippen MR) is 214 cm³/mol. The average Bonchev–Trinajstić information content (AvgIpc) is 3.87. The minimum Gasteiger partial charge on any atom is -0.379 e. The zero-order chi connectivity index (χ0) is 40.2. The van der Waals surface area contributed by atoms with Gasteiger partial charge in [-0.3, -0.25) is 19.2 Å². The SMILES string of the molecule is CC[C@H](C)[C@@H](C(CC(=O)N1CCC[C@H]1[C@H](OC)[C@@H](C)C(=O)N[C@@H](Cc1ccccc1)c1nccs1)OC)N(C)C(=O)[C@@H](NC(=O)C(C)(C)CNC)C(C)C. The van der Waals surface area contributed by atoms with E-state index in [1.165, 1.54) is 11.3 Å². The molecule has 0 saturated carbocycles. The number of hydrogen-bond acceptors (Lipinski definition) is 9. The van der Waals surface area contributed by atoms with E-state index in [0.717, 1.165) is 23.4 Å². The van der Waals surface area contributed by atoms with E-state index >= 15 is 0 Å². The maximum atomic E-state index is 14.3. The molecule has 0 bridgehead atoms. The quantitative estimate of drug-likeness (QED) is 0.164. The van der Waals surface area contributed by atoms with Crippen LogP contribution in [-0.4, -0.2) is 110 Å². The third kappa shape index (κ3) is 11.6. The van der Waals surface area contributed by atoms with E-state index in [4.69, 9.17) is 9.47 Å². The standard InChI is InChI=1S/C41H66N6O6S/c1-12-27(4)35(46(9)39(50)34(26(2)3)45-40(51)41(6,7)25-42-8)32(52-10)24-33(48)47-21-16-19-31(47)36(53-11)28(5)37(49)44-30(38-43-20-22-54-38)23-29-17-14-13-15-18-29/h13-15,17-18,20,22,26-28,30-32,34-36,42H,12,16,19,21,23-25H2,1-11H3,(H,44,49)(H,45,51)/t27-,28+,30-,31-,32?,34-,35-,36+/m0/s1. The fraction of sp³-hybridized carbons (Fsp3) is 0.683. The number of nitrogens with one attached hydrogen (secondary N) is 3. The number of aromatic nitrogens is 1. The Morgan fingerprint density at radius 1 is 1.06 bits per heavy atom. The lowest BCUT2D eigenvalue weighted by atomic mass is 9.88. The van der Waals surface area contributed by atoms with Crippen molar-refractivity contribution in [3.63, 3.8) is 0 Å². The molecule has 3 N–H and O–H groups in total. The van der Waals surface area contributed by atoms with E-state index in [0.29, 0.717) is 25.9 Å². The summed E-state index contributed by atoms with van der Waals surface area (Å²) < 4.78 is 12.1. The number of likely N-dealkylation sites (tertiary alicyclic amines) is 1. The molecule has 2 aromatic rings. The van der Waals surface area contributed by atoms with Crippen molar-refractivity contribution in [2.45, 2.75) is 117 Å². The summed E-state index contributed by atoms with van der Waals surface area (Å²) in [5, 5.41) is 12.0. The summed E-state index contributed by atoms with van der Waals surface area (Å²) in [7, 11) is 6.71. The van der Waals surface area contributed by atoms with Crippen LogP contribution in [0.2, 0.25) is 0 Å². The Bertz CT molecular complexity index is 1470. The van der Waals surface area contributed by atoms with Crippen LogP contribution in [0.4, 0.5) is 0 Å². The van der Waals surface area contributed by atoms with Crippen molar-refractivity contribution in [3.8, 4) is 0 Å². The molecule has 3 rings (SSSR count). The third-order valence-electron chi connectivity index (χ3n) is 11.1. The van der Waals surface area contributed by atoms with Crippen molar-refractivity contribution >= 4 is 35.0 Å². The summed E-state index contributed by atoms with van der Waals surface area (Å²) in [5.74, 6) is -1.43. The predicted octanol–water partition coefficient (Wildman–Crippen LogP) is 4.85. The first-order valence-electron chi connectivity index (χ1n) is 19.4. The van der Waals surface area contributed by atoms with Gasteiger partial charge in [-0.2, -0.15) is 0 Å². The molecule has 1 unspecified atom stereocenters. The molecule has 1 aliphatic heterocycles. The number of hydrogen-bond donors (Lipinski definition) is 3. The minimum atomic E-state index is -0.751. The number of carbonyl (C=O) groups excluding carboxylic acids is 4. The monoisotopic (exact) mass is 770 g/mol. The molecule has 1 aromatic carbocycles. The lowest BCUT2D eigenvalue weighted by Gasteiger charge is -2.41. The van der Waals surface area contributed by atoms with Gasteiger partial charge >= 0.3 is 0 Å². The van der Waals surface area contributed by atoms with Gasteiger partial charge in [-0.25, -0.2) is 4.98 Å². The van der Waals surface area contributed by atoms with Crippen LogP contribution in [0.25, 0.3) is 0 Å². The Kier molecular flexibility index (Phi) is 17.5. The summed E-state index contributed by atoms with van der Waals surface area (Å²) in [5.41, 5.74) is 0.378. The highest BCUT2D eigenvalue weighted by molar-refractivity contribution is 7.09. The molecule has 302 valence electrons. The maximum Gasteiger partial charge on any atom is 0.245 e. The van der Waals surface area contributed by atoms with Crippen LogP contribution in [0.1, 0.15) is 90.8 Å². The highest BCUT2D eigenvalue weighted by Crippen LogP contribution is 2.30. The first-order valence-corrected chi connectivity index (χ1v) is 20.3. The first-order chi connectivity index (χ1) is 25.6. The van der Waals surface area contributed by atoms with E-state index < -0.39 is 35.6 Å². The van der Waals surface area contributed by atoms with Gasteiger partial charge < -0.3 is 35.2 Å². The van der Waals surface area contributed by atoms with Gasteiger partial charge in [0.1, 0.15) is 11.0 Å². The van der Waals surface area contributed by atoms with E-state index in [1.54, 1.807) is 39.4 Å². The van der Waals surface area contributed by atoms with Gasteiger partial charge in [0.2, 0.25) is 23.6 Å². The maximum absolute atomic E-state index is 14.3. The number of carbonyl (C=O) groups is 4. The van der Waals surface area contributed by atoms with E-state index in [-0.39, 0.29) is 54.0 Å². The number of likely N-dealkylation sites (N-methyl/N-ethyl adjacent to an activating group) is 1. The van der Waals surface area contributed by atoms with Crippen LogP contribution in [0.15, 0.2) is 41.9 Å². The van der Waals surface area contributed by atoms with Crippen molar-refractivity contribution < 1.29 is 28.7 Å². The van der Waals surface area contributed by atoms with Crippen molar-refractivity contribution in [1.29, 1.82) is 0 Å². The molecule has 12 nitrogen and oxygen atoms in total. The van der Waals surface area contributed by atoms with Gasteiger partial charge in [0.25, 0.3) is 0 Å². The van der Waals surface area contributed by atoms with E-state index in [9.17, 15) is 19.2 Å². The second kappa shape index (κ2) is 21.1. The fourth-order valence-corrected chi connectivity index (χ4v) is 8.35. The Morgan fingerprint density at radius 2 is 1.74 bits per heavy atom. The second-order valence-electron chi connectivity index (χ2n) is 15.8. The summed E-state index contributed by atoms with van der Waals surface area (Å²) in [6, 6.07) is 8.21. The second-order valence-corrected chi connectivity index (χ2v) is 16.7. The van der Waals surface area contributed by atoms with Gasteiger partial charge in [0, 0.05) is 45.9 Å². The molecule has 1 aliphatic rings. The summed E-state index contributed by atoms with van der Waals surface area (Å²) >= 11 is 1.51. The molecule has 0 aliphatic carbocycles. The van der Waals surface area contributed by atoms with Gasteiger partial charge in [0.05, 0.1) is 48.1 Å². The van der Waals surface area contributed by atoms with Crippen molar-refractivity contribution in [2.75, 3.05) is 41.4 Å². The van der Waals surface area contributed by atoms with Crippen LogP contribution < -0.4 is 16.0 Å². The highest BCUT2D eigenvalue weighted by atomic mass is 32.1. The van der Waals surface area contributed by atoms with Crippen LogP contribution in [0.3, 0.4) is 0 Å². The lowest BCUT2D eigenvalue weighted by Crippen LogP contribution is -2.59. The number of ether oxygens (including phenoxy) is 2. The fourth-order valence-electron chi connectivity index (χ4n) is 7.66. The van der Waals surface area contributed by atoms with Crippen molar-refractivity contribution in [1.82, 2.24) is 30.7 Å². The smallest absolute Gasteiger partial charge is 0.245 e. The Hall–Kier alpha value is -3.39. The summed E-state index contributed by atoms with van der Waals surface area (Å²) in [6.45, 7) is 14.5. The lowest BCUT2D eigenvalue weighted by molar-refractivity contribution is -0.148. The molecular weight excluding hydrogens is 705 g/mol. The molecule has 13 heteroatoms. The van der Waals surface area contributed by atoms with Gasteiger partial charge in [-0.1, -0.05) is 71.4 Å². The minimum absolute atomic E-state index is 0.00701. The molecule has 0 spiro atoms. The molecule has 54 heavy (non-hydrogen) atoms. The van der Waals surface area contributed by atoms with Crippen molar-refractivity contribution in [3.05, 3.63) is 52.5 Å². The van der Waals surface area contributed by atoms with Gasteiger partial charge in [-0.05, 0) is 57.6 Å². The number of thiazole rings is 1. The third-order valence-corrected chi connectivity index (χ3v) is 11.9. The largest absolute Gasteiger partial charge is 0.379 e. The number of methoxy groups -OCH3 is 2.